The largest absolute Gasteiger partial charge is 0.496 e. The highest BCUT2D eigenvalue weighted by Crippen LogP contribution is 2.35. The summed E-state index contributed by atoms with van der Waals surface area (Å²) in [5.74, 6) is 0.904. The molecule has 0 saturated carbocycles. The summed E-state index contributed by atoms with van der Waals surface area (Å²) in [6.45, 7) is 0. The number of methoxy groups -OCH3 is 1. The van der Waals surface area contributed by atoms with Crippen molar-refractivity contribution in [1.82, 2.24) is 5.32 Å². The zero-order valence-electron chi connectivity index (χ0n) is 10.0. The Bertz CT molecular complexity index is 542. The lowest BCUT2D eigenvalue weighted by Gasteiger charge is -2.17. The van der Waals surface area contributed by atoms with Crippen LogP contribution in [0, 0.1) is 0 Å². The second kappa shape index (κ2) is 6.19. The van der Waals surface area contributed by atoms with Gasteiger partial charge in [-0.3, -0.25) is 0 Å². The summed E-state index contributed by atoms with van der Waals surface area (Å²) in [6.07, 6.45) is 0. The van der Waals surface area contributed by atoms with Gasteiger partial charge in [0.05, 0.1) is 13.2 Å². The van der Waals surface area contributed by atoms with E-state index in [0.29, 0.717) is 0 Å². The minimum atomic E-state index is 0.158. The Morgan fingerprint density at radius 2 is 2.06 bits per heavy atom. The first-order chi connectivity index (χ1) is 8.65. The lowest BCUT2D eigenvalue weighted by atomic mass is 10.1. The number of rotatable bonds is 4. The van der Waals surface area contributed by atoms with E-state index in [9.17, 15) is 0 Å². The predicted molar refractivity (Wildman–Crippen MR) is 83.6 cm³/mol. The summed E-state index contributed by atoms with van der Waals surface area (Å²) in [7, 11) is 3.65. The Kier molecular flexibility index (Phi) is 4.84. The third-order valence-corrected chi connectivity index (χ3v) is 4.86. The summed E-state index contributed by atoms with van der Waals surface area (Å²) in [5, 5.41) is 5.36. The maximum Gasteiger partial charge on any atom is 0.129 e. The van der Waals surface area contributed by atoms with Gasteiger partial charge in [0.2, 0.25) is 0 Å². The van der Waals surface area contributed by atoms with Crippen molar-refractivity contribution in [2.24, 2.45) is 0 Å². The molecular weight excluding hydrogens is 378 g/mol. The van der Waals surface area contributed by atoms with Gasteiger partial charge in [0.25, 0.3) is 0 Å². The van der Waals surface area contributed by atoms with Gasteiger partial charge >= 0.3 is 0 Å². The topological polar surface area (TPSA) is 21.3 Å². The lowest BCUT2D eigenvalue weighted by Crippen LogP contribution is -2.17. The van der Waals surface area contributed by atoms with Gasteiger partial charge in [0, 0.05) is 19.2 Å². The fourth-order valence-electron chi connectivity index (χ4n) is 1.78. The van der Waals surface area contributed by atoms with E-state index in [1.165, 1.54) is 10.4 Å². The number of hydrogen-bond acceptors (Lipinski definition) is 3. The molecule has 18 heavy (non-hydrogen) atoms. The molecule has 1 unspecified atom stereocenters. The van der Waals surface area contributed by atoms with E-state index >= 15 is 0 Å². The molecule has 0 aliphatic carbocycles. The molecule has 0 fully saturated rings. The quantitative estimate of drug-likeness (QED) is 0.824. The standard InChI is InChI=1S/C13H13Br2NOS/c1-16-13(12-6-9(17-2)7-18-12)10-5-8(14)3-4-11(10)15/h3-7,13,16H,1-2H3. The summed E-state index contributed by atoms with van der Waals surface area (Å²) in [6, 6.07) is 8.42. The van der Waals surface area contributed by atoms with Crippen LogP contribution in [0.4, 0.5) is 0 Å². The fourth-order valence-corrected chi connectivity index (χ4v) is 3.62. The number of thiophene rings is 1. The van der Waals surface area contributed by atoms with E-state index < -0.39 is 0 Å². The van der Waals surface area contributed by atoms with Gasteiger partial charge in [-0.25, -0.2) is 0 Å². The molecular formula is C13H13Br2NOS. The first-order valence-corrected chi connectivity index (χ1v) is 7.87. The van der Waals surface area contributed by atoms with Crippen molar-refractivity contribution >= 4 is 43.2 Å². The number of benzene rings is 1. The minimum Gasteiger partial charge on any atom is -0.496 e. The Morgan fingerprint density at radius 3 is 2.67 bits per heavy atom. The van der Waals surface area contributed by atoms with Crippen LogP contribution in [0.5, 0.6) is 5.75 Å². The maximum atomic E-state index is 5.24. The van der Waals surface area contributed by atoms with Gasteiger partial charge in [-0.2, -0.15) is 0 Å². The molecule has 2 nitrogen and oxygen atoms in total. The van der Waals surface area contributed by atoms with Gasteiger partial charge in [0.15, 0.2) is 0 Å². The van der Waals surface area contributed by atoms with Crippen molar-refractivity contribution in [3.8, 4) is 5.75 Å². The van der Waals surface area contributed by atoms with Gasteiger partial charge in [-0.1, -0.05) is 31.9 Å². The van der Waals surface area contributed by atoms with Crippen molar-refractivity contribution in [3.05, 3.63) is 49.0 Å². The van der Waals surface area contributed by atoms with E-state index in [1.54, 1.807) is 18.4 Å². The van der Waals surface area contributed by atoms with E-state index in [2.05, 4.69) is 55.4 Å². The fraction of sp³-hybridized carbons (Fsp3) is 0.231. The first-order valence-electron chi connectivity index (χ1n) is 5.40. The second-order valence-corrected chi connectivity index (χ2v) is 6.49. The van der Waals surface area contributed by atoms with Crippen LogP contribution in [0.2, 0.25) is 0 Å². The van der Waals surface area contributed by atoms with Gasteiger partial charge in [-0.15, -0.1) is 11.3 Å². The molecule has 0 radical (unpaired) electrons. The molecule has 1 N–H and O–H groups in total. The van der Waals surface area contributed by atoms with E-state index in [4.69, 9.17) is 4.74 Å². The van der Waals surface area contributed by atoms with Crippen molar-refractivity contribution in [2.75, 3.05) is 14.2 Å². The highest BCUT2D eigenvalue weighted by atomic mass is 79.9. The average molecular weight is 391 g/mol. The molecule has 2 rings (SSSR count). The molecule has 0 aliphatic rings. The molecule has 1 aromatic carbocycles. The number of nitrogens with one attached hydrogen (secondary N) is 1. The number of ether oxygens (including phenoxy) is 1. The van der Waals surface area contributed by atoms with Crippen molar-refractivity contribution in [2.45, 2.75) is 6.04 Å². The SMILES string of the molecule is CNC(c1cc(OC)cs1)c1cc(Br)ccc1Br. The highest BCUT2D eigenvalue weighted by Gasteiger charge is 2.17. The number of hydrogen-bond donors (Lipinski definition) is 1. The molecule has 0 bridgehead atoms. The van der Waals surface area contributed by atoms with Crippen molar-refractivity contribution in [1.29, 1.82) is 0 Å². The maximum absolute atomic E-state index is 5.24. The zero-order chi connectivity index (χ0) is 13.1. The summed E-state index contributed by atoms with van der Waals surface area (Å²) >= 11 is 8.81. The zero-order valence-corrected chi connectivity index (χ0v) is 14.0. The smallest absolute Gasteiger partial charge is 0.129 e. The molecule has 1 heterocycles. The van der Waals surface area contributed by atoms with Crippen molar-refractivity contribution in [3.63, 3.8) is 0 Å². The lowest BCUT2D eigenvalue weighted by molar-refractivity contribution is 0.416. The molecule has 2 aromatic rings. The highest BCUT2D eigenvalue weighted by molar-refractivity contribution is 9.11. The number of halogens is 2. The molecule has 96 valence electrons. The third kappa shape index (κ3) is 2.96. The Labute approximate surface area is 128 Å². The molecule has 5 heteroatoms. The van der Waals surface area contributed by atoms with Crippen LogP contribution in [0.25, 0.3) is 0 Å². The molecule has 0 saturated heterocycles. The summed E-state index contributed by atoms with van der Waals surface area (Å²) in [4.78, 5) is 1.23. The van der Waals surface area contributed by atoms with Crippen LogP contribution in [0.1, 0.15) is 16.5 Å². The monoisotopic (exact) mass is 389 g/mol. The average Bonchev–Trinajstić information content (AvgIpc) is 2.83. The first kappa shape index (κ1) is 14.1. The van der Waals surface area contributed by atoms with E-state index in [-0.39, 0.29) is 6.04 Å². The molecule has 0 amide bonds. The van der Waals surface area contributed by atoms with Crippen LogP contribution < -0.4 is 10.1 Å². The summed E-state index contributed by atoms with van der Waals surface area (Å²) in [5.41, 5.74) is 1.20. The Morgan fingerprint density at radius 1 is 1.28 bits per heavy atom. The van der Waals surface area contributed by atoms with Gasteiger partial charge in [-0.05, 0) is 36.9 Å². The Hall–Kier alpha value is -0.360. The summed E-state index contributed by atoms with van der Waals surface area (Å²) < 4.78 is 7.41. The van der Waals surface area contributed by atoms with E-state index in [1.807, 2.05) is 18.5 Å². The van der Waals surface area contributed by atoms with Crippen LogP contribution >= 0.6 is 43.2 Å². The molecule has 0 spiro atoms. The van der Waals surface area contributed by atoms with Crippen LogP contribution in [-0.2, 0) is 0 Å². The van der Waals surface area contributed by atoms with E-state index in [0.717, 1.165) is 14.7 Å². The minimum absolute atomic E-state index is 0.158. The van der Waals surface area contributed by atoms with Gasteiger partial charge in [0.1, 0.15) is 5.75 Å². The predicted octanol–water partition coefficient (Wildman–Crippen LogP) is 4.59. The van der Waals surface area contributed by atoms with Crippen LogP contribution in [0.15, 0.2) is 38.6 Å². The van der Waals surface area contributed by atoms with Crippen LogP contribution in [0.3, 0.4) is 0 Å². The third-order valence-electron chi connectivity index (χ3n) is 2.67. The normalized spacial score (nSPS) is 12.4. The molecule has 1 atom stereocenters. The second-order valence-electron chi connectivity index (χ2n) is 3.78. The van der Waals surface area contributed by atoms with Gasteiger partial charge < -0.3 is 10.1 Å². The Balaban J connectivity index is 2.41. The molecule has 0 aliphatic heterocycles. The van der Waals surface area contributed by atoms with Crippen LogP contribution in [-0.4, -0.2) is 14.2 Å². The van der Waals surface area contributed by atoms with Crippen molar-refractivity contribution < 1.29 is 4.74 Å². The molecule has 1 aromatic heterocycles.